The number of amides is 1. The Morgan fingerprint density at radius 1 is 1.14 bits per heavy atom. The van der Waals surface area contributed by atoms with Gasteiger partial charge >= 0.3 is 0 Å². The van der Waals surface area contributed by atoms with Crippen molar-refractivity contribution in [2.75, 3.05) is 14.2 Å². The first-order valence-corrected chi connectivity index (χ1v) is 7.24. The highest BCUT2D eigenvalue weighted by atomic mass is 79.9. The van der Waals surface area contributed by atoms with Gasteiger partial charge in [-0.1, -0.05) is 0 Å². The lowest BCUT2D eigenvalue weighted by molar-refractivity contribution is 0.0955. The van der Waals surface area contributed by atoms with E-state index in [2.05, 4.69) is 26.5 Å². The van der Waals surface area contributed by atoms with E-state index < -0.39 is 0 Å². The quantitative estimate of drug-likeness (QED) is 0.656. The number of nitrogens with one attached hydrogen (secondary N) is 1. The summed E-state index contributed by atoms with van der Waals surface area (Å²) in [5.41, 5.74) is 3.82. The van der Waals surface area contributed by atoms with Crippen molar-refractivity contribution in [3.63, 3.8) is 0 Å². The maximum absolute atomic E-state index is 12.0. The Morgan fingerprint density at radius 2 is 1.86 bits per heavy atom. The van der Waals surface area contributed by atoms with E-state index in [4.69, 9.17) is 9.47 Å². The molecule has 1 N–H and O–H groups in total. The molecule has 0 radical (unpaired) electrons. The molecule has 22 heavy (non-hydrogen) atoms. The lowest BCUT2D eigenvalue weighted by Crippen LogP contribution is -2.17. The Morgan fingerprint density at radius 3 is 2.45 bits per heavy atom. The van der Waals surface area contributed by atoms with Gasteiger partial charge in [-0.15, -0.1) is 0 Å². The number of carbonyl (C=O) groups excluding carboxylic acids is 1. The Labute approximate surface area is 137 Å². The first-order valence-electron chi connectivity index (χ1n) is 6.45. The van der Waals surface area contributed by atoms with Crippen molar-refractivity contribution in [3.8, 4) is 11.5 Å². The van der Waals surface area contributed by atoms with Gasteiger partial charge in [-0.25, -0.2) is 5.43 Å². The van der Waals surface area contributed by atoms with Gasteiger partial charge in [0.25, 0.3) is 5.91 Å². The van der Waals surface area contributed by atoms with Crippen molar-refractivity contribution in [2.45, 2.75) is 0 Å². The molecule has 1 amide bonds. The third-order valence-electron chi connectivity index (χ3n) is 2.91. The molecule has 0 bridgehead atoms. The molecule has 0 aliphatic heterocycles. The third-order valence-corrected chi connectivity index (χ3v) is 3.53. The van der Waals surface area contributed by atoms with Crippen LogP contribution in [0, 0.1) is 0 Å². The van der Waals surface area contributed by atoms with Gasteiger partial charge in [-0.05, 0) is 64.0 Å². The lowest BCUT2D eigenvalue weighted by Gasteiger charge is -2.05. The highest BCUT2D eigenvalue weighted by Crippen LogP contribution is 2.25. The monoisotopic (exact) mass is 362 g/mol. The zero-order valence-corrected chi connectivity index (χ0v) is 13.8. The van der Waals surface area contributed by atoms with E-state index in [-0.39, 0.29) is 5.91 Å². The predicted molar refractivity (Wildman–Crippen MR) is 88.7 cm³/mol. The fourth-order valence-corrected chi connectivity index (χ4v) is 2.27. The Bertz CT molecular complexity index is 684. The topological polar surface area (TPSA) is 59.9 Å². The first kappa shape index (κ1) is 16.0. The Balaban J connectivity index is 1.99. The van der Waals surface area contributed by atoms with Crippen LogP contribution in [0.4, 0.5) is 0 Å². The van der Waals surface area contributed by atoms with Crippen LogP contribution in [-0.4, -0.2) is 26.3 Å². The summed E-state index contributed by atoms with van der Waals surface area (Å²) in [7, 11) is 3.18. The van der Waals surface area contributed by atoms with E-state index in [0.717, 1.165) is 11.3 Å². The van der Waals surface area contributed by atoms with Crippen molar-refractivity contribution < 1.29 is 14.3 Å². The van der Waals surface area contributed by atoms with Crippen LogP contribution in [0.15, 0.2) is 52.0 Å². The van der Waals surface area contributed by atoms with E-state index in [9.17, 15) is 4.79 Å². The maximum Gasteiger partial charge on any atom is 0.271 e. The lowest BCUT2D eigenvalue weighted by atomic mass is 10.2. The minimum absolute atomic E-state index is 0.298. The van der Waals surface area contributed by atoms with Gasteiger partial charge in [0, 0.05) is 5.56 Å². The molecular formula is C16H15BrN2O3. The van der Waals surface area contributed by atoms with Crippen LogP contribution in [0.2, 0.25) is 0 Å². The van der Waals surface area contributed by atoms with Gasteiger partial charge in [-0.2, -0.15) is 5.10 Å². The average Bonchev–Trinajstić information content (AvgIpc) is 2.55. The number of hydrogen-bond donors (Lipinski definition) is 1. The number of hydrazone groups is 1. The third kappa shape index (κ3) is 4.08. The van der Waals surface area contributed by atoms with Crippen LogP contribution in [0.3, 0.4) is 0 Å². The van der Waals surface area contributed by atoms with Crippen LogP contribution in [0.25, 0.3) is 0 Å². The summed E-state index contributed by atoms with van der Waals surface area (Å²) in [6, 6.07) is 12.4. The second-order valence-corrected chi connectivity index (χ2v) is 5.18. The first-order chi connectivity index (χ1) is 10.6. The second-order valence-electron chi connectivity index (χ2n) is 4.32. The Kier molecular flexibility index (Phi) is 5.55. The molecule has 0 fully saturated rings. The van der Waals surface area contributed by atoms with Crippen LogP contribution < -0.4 is 14.9 Å². The molecule has 0 aromatic heterocycles. The zero-order chi connectivity index (χ0) is 15.9. The molecule has 2 rings (SSSR count). The highest BCUT2D eigenvalue weighted by Gasteiger charge is 2.07. The fraction of sp³-hybridized carbons (Fsp3) is 0.125. The molecule has 0 saturated heterocycles. The number of nitrogens with zero attached hydrogens (tertiary/aromatic N) is 1. The number of benzene rings is 2. The molecule has 0 spiro atoms. The summed E-state index contributed by atoms with van der Waals surface area (Å²) in [6.45, 7) is 0. The summed E-state index contributed by atoms with van der Waals surface area (Å²) in [5.74, 6) is 1.13. The second kappa shape index (κ2) is 7.61. The molecular weight excluding hydrogens is 348 g/mol. The van der Waals surface area contributed by atoms with Gasteiger partial charge in [0.15, 0.2) is 0 Å². The van der Waals surface area contributed by atoms with Gasteiger partial charge in [0.2, 0.25) is 0 Å². The minimum Gasteiger partial charge on any atom is -0.497 e. The number of methoxy groups -OCH3 is 2. The van der Waals surface area contributed by atoms with E-state index in [0.29, 0.717) is 15.8 Å². The summed E-state index contributed by atoms with van der Waals surface area (Å²) in [5, 5.41) is 3.93. The van der Waals surface area contributed by atoms with Crippen molar-refractivity contribution in [1.29, 1.82) is 0 Å². The van der Waals surface area contributed by atoms with Crippen molar-refractivity contribution in [1.82, 2.24) is 5.43 Å². The molecule has 114 valence electrons. The zero-order valence-electron chi connectivity index (χ0n) is 12.2. The number of rotatable bonds is 5. The SMILES string of the molecule is COc1ccc(/C=N\NC(=O)c2ccc(OC)c(Br)c2)cc1. The van der Waals surface area contributed by atoms with Gasteiger partial charge < -0.3 is 9.47 Å². The summed E-state index contributed by atoms with van der Waals surface area (Å²) in [6.07, 6.45) is 1.57. The van der Waals surface area contributed by atoms with Gasteiger partial charge in [0.1, 0.15) is 11.5 Å². The molecule has 0 unspecified atom stereocenters. The van der Waals surface area contributed by atoms with Gasteiger partial charge in [0.05, 0.1) is 24.9 Å². The number of halogens is 1. The summed E-state index contributed by atoms with van der Waals surface area (Å²) >= 11 is 3.34. The Hall–Kier alpha value is -2.34. The fourth-order valence-electron chi connectivity index (χ4n) is 1.73. The van der Waals surface area contributed by atoms with Crippen LogP contribution in [0.1, 0.15) is 15.9 Å². The normalized spacial score (nSPS) is 10.5. The largest absolute Gasteiger partial charge is 0.497 e. The van der Waals surface area contributed by atoms with Crippen LogP contribution >= 0.6 is 15.9 Å². The molecule has 0 heterocycles. The smallest absolute Gasteiger partial charge is 0.271 e. The molecule has 0 saturated carbocycles. The maximum atomic E-state index is 12.0. The van der Waals surface area contributed by atoms with E-state index >= 15 is 0 Å². The summed E-state index contributed by atoms with van der Waals surface area (Å²) < 4.78 is 10.9. The minimum atomic E-state index is -0.298. The van der Waals surface area contributed by atoms with Crippen molar-refractivity contribution in [3.05, 3.63) is 58.1 Å². The van der Waals surface area contributed by atoms with Crippen molar-refractivity contribution >= 4 is 28.1 Å². The number of carbonyl (C=O) groups is 1. The average molecular weight is 363 g/mol. The van der Waals surface area contributed by atoms with Crippen LogP contribution in [0.5, 0.6) is 11.5 Å². The van der Waals surface area contributed by atoms with Gasteiger partial charge in [-0.3, -0.25) is 4.79 Å². The molecule has 2 aromatic carbocycles. The highest BCUT2D eigenvalue weighted by molar-refractivity contribution is 9.10. The number of ether oxygens (including phenoxy) is 2. The molecule has 0 atom stereocenters. The van der Waals surface area contributed by atoms with E-state index in [1.807, 2.05) is 24.3 Å². The summed E-state index contributed by atoms with van der Waals surface area (Å²) in [4.78, 5) is 12.0. The molecule has 2 aromatic rings. The standard InChI is InChI=1S/C16H15BrN2O3/c1-21-13-6-3-11(4-7-13)10-18-19-16(20)12-5-8-15(22-2)14(17)9-12/h3-10H,1-2H3,(H,19,20)/b18-10-. The van der Waals surface area contributed by atoms with Crippen molar-refractivity contribution in [2.24, 2.45) is 5.10 Å². The molecule has 6 heteroatoms. The van der Waals surface area contributed by atoms with E-state index in [1.54, 1.807) is 38.6 Å². The predicted octanol–water partition coefficient (Wildman–Crippen LogP) is 3.23. The number of hydrogen-bond acceptors (Lipinski definition) is 4. The molecule has 0 aliphatic carbocycles. The van der Waals surface area contributed by atoms with E-state index in [1.165, 1.54) is 0 Å². The molecule has 0 aliphatic rings. The molecule has 5 nitrogen and oxygen atoms in total. The van der Waals surface area contributed by atoms with Crippen LogP contribution in [-0.2, 0) is 0 Å².